The summed E-state index contributed by atoms with van der Waals surface area (Å²) >= 11 is 12.2. The summed E-state index contributed by atoms with van der Waals surface area (Å²) in [6, 6.07) is 13.2. The van der Waals surface area contributed by atoms with Gasteiger partial charge in [-0.05, 0) is 67.8 Å². The third-order valence-corrected chi connectivity index (χ3v) is 9.65. The number of rotatable bonds is 7. The Labute approximate surface area is 253 Å². The van der Waals surface area contributed by atoms with Crippen molar-refractivity contribution in [3.63, 3.8) is 0 Å². The fourth-order valence-corrected chi connectivity index (χ4v) is 7.15. The van der Waals surface area contributed by atoms with Crippen molar-refractivity contribution in [1.82, 2.24) is 9.21 Å². The number of likely N-dealkylation sites (N-methyl/N-ethyl adjacent to an activating group) is 1. The van der Waals surface area contributed by atoms with Gasteiger partial charge in [0.05, 0.1) is 16.3 Å². The summed E-state index contributed by atoms with van der Waals surface area (Å²) in [6.07, 6.45) is 2.78. The Morgan fingerprint density at radius 3 is 2.38 bits per heavy atom. The van der Waals surface area contributed by atoms with E-state index < -0.39 is 33.8 Å². The van der Waals surface area contributed by atoms with E-state index in [0.717, 1.165) is 19.3 Å². The fourth-order valence-electron chi connectivity index (χ4n) is 5.10. The van der Waals surface area contributed by atoms with Crippen molar-refractivity contribution in [3.8, 4) is 11.5 Å². The van der Waals surface area contributed by atoms with Crippen LogP contribution >= 0.6 is 23.2 Å². The van der Waals surface area contributed by atoms with Crippen LogP contribution in [-0.2, 0) is 14.8 Å². The first-order valence-corrected chi connectivity index (χ1v) is 15.6. The summed E-state index contributed by atoms with van der Waals surface area (Å²) in [4.78, 5) is 29.2. The molecule has 9 nitrogen and oxygen atoms in total. The molecule has 2 heterocycles. The van der Waals surface area contributed by atoms with Crippen LogP contribution in [0.5, 0.6) is 11.5 Å². The molecule has 222 valence electrons. The molecule has 1 N–H and O–H groups in total. The van der Waals surface area contributed by atoms with Crippen LogP contribution in [0.4, 0.5) is 20.6 Å². The van der Waals surface area contributed by atoms with Gasteiger partial charge in [-0.3, -0.25) is 4.79 Å². The van der Waals surface area contributed by atoms with Crippen LogP contribution in [-0.4, -0.2) is 62.3 Å². The van der Waals surface area contributed by atoms with Crippen molar-refractivity contribution in [1.29, 1.82) is 0 Å². The average molecular weight is 636 g/mol. The smallest absolute Gasteiger partial charge is 0.322 e. The molecule has 0 bridgehead atoms. The topological polar surface area (TPSA) is 99.3 Å². The van der Waals surface area contributed by atoms with Crippen LogP contribution in [0.1, 0.15) is 25.7 Å². The number of carbonyl (C=O) groups is 2. The monoisotopic (exact) mass is 634 g/mol. The van der Waals surface area contributed by atoms with Gasteiger partial charge in [0.2, 0.25) is 15.9 Å². The van der Waals surface area contributed by atoms with E-state index in [1.165, 1.54) is 75.8 Å². The minimum absolute atomic E-state index is 0.0125. The van der Waals surface area contributed by atoms with Crippen molar-refractivity contribution in [3.05, 3.63) is 76.5 Å². The summed E-state index contributed by atoms with van der Waals surface area (Å²) in [5, 5.41) is 3.36. The van der Waals surface area contributed by atoms with E-state index in [0.29, 0.717) is 23.1 Å². The molecule has 0 aliphatic carbocycles. The molecule has 2 saturated heterocycles. The number of para-hydroxylation sites is 1. The number of nitrogens with one attached hydrogen (secondary N) is 1. The van der Waals surface area contributed by atoms with Gasteiger partial charge in [-0.2, -0.15) is 4.31 Å². The number of anilines is 2. The first kappa shape index (κ1) is 30.1. The van der Waals surface area contributed by atoms with Gasteiger partial charge in [0, 0.05) is 36.7 Å². The van der Waals surface area contributed by atoms with Crippen molar-refractivity contribution >= 4 is 56.5 Å². The third kappa shape index (κ3) is 6.34. The highest BCUT2D eigenvalue weighted by Gasteiger charge is 2.38. The van der Waals surface area contributed by atoms with E-state index in [4.69, 9.17) is 27.9 Å². The molecule has 2 aliphatic rings. The maximum atomic E-state index is 14.4. The van der Waals surface area contributed by atoms with Gasteiger partial charge in [-0.25, -0.2) is 17.6 Å². The Bertz CT molecular complexity index is 1600. The van der Waals surface area contributed by atoms with Gasteiger partial charge in [-0.15, -0.1) is 0 Å². The lowest BCUT2D eigenvalue weighted by molar-refractivity contribution is -0.120. The number of ether oxygens (including phenoxy) is 1. The third-order valence-electron chi connectivity index (χ3n) is 7.32. The lowest BCUT2D eigenvalue weighted by Gasteiger charge is -2.27. The number of halogens is 3. The van der Waals surface area contributed by atoms with E-state index in [1.54, 1.807) is 6.07 Å². The molecule has 3 aromatic rings. The average Bonchev–Trinajstić information content (AvgIpc) is 3.34. The van der Waals surface area contributed by atoms with Crippen LogP contribution in [0.2, 0.25) is 10.0 Å². The van der Waals surface area contributed by atoms with Gasteiger partial charge in [0.25, 0.3) is 0 Å². The largest absolute Gasteiger partial charge is 0.455 e. The minimum Gasteiger partial charge on any atom is -0.455 e. The normalized spacial score (nSPS) is 17.8. The molecule has 3 amide bonds. The molecule has 42 heavy (non-hydrogen) atoms. The Balaban J connectivity index is 1.42. The Morgan fingerprint density at radius 1 is 1.00 bits per heavy atom. The minimum atomic E-state index is -3.84. The molecule has 0 saturated carbocycles. The summed E-state index contributed by atoms with van der Waals surface area (Å²) in [7, 11) is -2.38. The highest BCUT2D eigenvalue weighted by molar-refractivity contribution is 7.89. The predicted molar refractivity (Wildman–Crippen MR) is 160 cm³/mol. The summed E-state index contributed by atoms with van der Waals surface area (Å²) < 4.78 is 48.6. The van der Waals surface area contributed by atoms with E-state index in [-0.39, 0.29) is 40.7 Å². The number of carbonyl (C=O) groups excluding carboxylic acids is 2. The molecule has 13 heteroatoms. The predicted octanol–water partition coefficient (Wildman–Crippen LogP) is 6.37. The molecule has 2 fully saturated rings. The van der Waals surface area contributed by atoms with Crippen molar-refractivity contribution in [2.24, 2.45) is 0 Å². The number of urea groups is 1. The number of piperidine rings is 1. The van der Waals surface area contributed by atoms with Gasteiger partial charge in [0.1, 0.15) is 17.6 Å². The summed E-state index contributed by atoms with van der Waals surface area (Å²) in [6.45, 7) is 1.05. The second kappa shape index (κ2) is 12.5. The number of hydrogen-bond donors (Lipinski definition) is 1. The first-order valence-electron chi connectivity index (χ1n) is 13.4. The second-order valence-corrected chi connectivity index (χ2v) is 12.9. The molecule has 1 unspecified atom stereocenters. The van der Waals surface area contributed by atoms with E-state index >= 15 is 0 Å². The highest BCUT2D eigenvalue weighted by Crippen LogP contribution is 2.36. The maximum absolute atomic E-state index is 14.4. The Morgan fingerprint density at radius 2 is 1.69 bits per heavy atom. The highest BCUT2D eigenvalue weighted by atomic mass is 35.5. The van der Waals surface area contributed by atoms with E-state index in [2.05, 4.69) is 5.32 Å². The molecule has 0 aromatic heterocycles. The lowest BCUT2D eigenvalue weighted by Crippen LogP contribution is -2.45. The van der Waals surface area contributed by atoms with Crippen molar-refractivity contribution in [2.75, 3.05) is 36.9 Å². The van der Waals surface area contributed by atoms with Crippen LogP contribution in [0, 0.1) is 5.82 Å². The van der Waals surface area contributed by atoms with Gasteiger partial charge < -0.3 is 19.9 Å². The summed E-state index contributed by atoms with van der Waals surface area (Å²) in [5.74, 6) is -0.551. The molecular weight excluding hydrogens is 606 g/mol. The van der Waals surface area contributed by atoms with Crippen molar-refractivity contribution in [2.45, 2.75) is 36.6 Å². The molecule has 0 spiro atoms. The lowest BCUT2D eigenvalue weighted by atomic mass is 10.2. The van der Waals surface area contributed by atoms with E-state index in [9.17, 15) is 22.4 Å². The zero-order chi connectivity index (χ0) is 30.0. The molecular formula is C29H29Cl2FN4O5S. The van der Waals surface area contributed by atoms with Crippen molar-refractivity contribution < 1.29 is 27.1 Å². The number of amides is 3. The Kier molecular flexibility index (Phi) is 8.93. The van der Waals surface area contributed by atoms with E-state index in [1.807, 2.05) is 0 Å². The zero-order valence-electron chi connectivity index (χ0n) is 22.7. The number of sulfonamides is 1. The zero-order valence-corrected chi connectivity index (χ0v) is 25.1. The van der Waals surface area contributed by atoms with Gasteiger partial charge in [-0.1, -0.05) is 41.8 Å². The number of hydrogen-bond acceptors (Lipinski definition) is 5. The first-order chi connectivity index (χ1) is 20.0. The van der Waals surface area contributed by atoms with Crippen LogP contribution < -0.4 is 15.0 Å². The molecule has 5 rings (SSSR count). The molecule has 2 aliphatic heterocycles. The number of benzene rings is 3. The van der Waals surface area contributed by atoms with Gasteiger partial charge >= 0.3 is 6.03 Å². The maximum Gasteiger partial charge on any atom is 0.322 e. The summed E-state index contributed by atoms with van der Waals surface area (Å²) in [5.41, 5.74) is 0.211. The van der Waals surface area contributed by atoms with Crippen LogP contribution in [0.3, 0.4) is 0 Å². The van der Waals surface area contributed by atoms with Gasteiger partial charge in [0.15, 0.2) is 5.75 Å². The van der Waals surface area contributed by atoms with Crippen LogP contribution in [0.25, 0.3) is 0 Å². The standard InChI is InChI=1S/C29H29Cl2FN4O5S/c1-34(26-11-14-36(28(26)37)25-8-4-3-7-23(25)32)29(38)33-24-18-22(42(39,40)35-12-5-2-6-13-35)9-10-27(24)41-21-16-19(30)15-20(31)17-21/h3-4,7-10,15-18,26H,2,5-6,11-14H2,1H3,(H,33,38). The number of nitrogens with zero attached hydrogens (tertiary/aromatic N) is 3. The molecule has 0 radical (unpaired) electrons. The van der Waals surface area contributed by atoms with Crippen LogP contribution in [0.15, 0.2) is 65.6 Å². The Hall–Kier alpha value is -3.38. The quantitative estimate of drug-likeness (QED) is 0.326. The SMILES string of the molecule is CN(C(=O)Nc1cc(S(=O)(=O)N2CCCCC2)ccc1Oc1cc(Cl)cc(Cl)c1)C1CCN(c2ccccc2F)C1=O. The molecule has 1 atom stereocenters. The second-order valence-electron chi connectivity index (χ2n) is 10.1. The molecule has 3 aromatic carbocycles. The fraction of sp³-hybridized carbons (Fsp3) is 0.310.